The summed E-state index contributed by atoms with van der Waals surface area (Å²) in [5.74, 6) is 1.63. The first kappa shape index (κ1) is 14.1. The molecule has 0 N–H and O–H groups in total. The second-order valence-electron chi connectivity index (χ2n) is 5.50. The molecule has 0 radical (unpaired) electrons. The van der Waals surface area contributed by atoms with Crippen LogP contribution in [0.5, 0.6) is 0 Å². The highest BCUT2D eigenvalue weighted by molar-refractivity contribution is 9.09. The maximum atomic E-state index is 5.43. The van der Waals surface area contributed by atoms with Gasteiger partial charge >= 0.3 is 0 Å². The monoisotopic (exact) mass is 310 g/mol. The van der Waals surface area contributed by atoms with Crippen LogP contribution in [0.1, 0.15) is 30.4 Å². The van der Waals surface area contributed by atoms with Crippen LogP contribution in [0.15, 0.2) is 24.3 Å². The third-order valence-corrected chi connectivity index (χ3v) is 4.79. The molecule has 1 aromatic carbocycles. The smallest absolute Gasteiger partial charge is 0.0468 e. The van der Waals surface area contributed by atoms with Crippen molar-refractivity contribution in [2.24, 2.45) is 11.8 Å². The average molecular weight is 311 g/mol. The van der Waals surface area contributed by atoms with Gasteiger partial charge in [0.05, 0.1) is 0 Å². The van der Waals surface area contributed by atoms with Gasteiger partial charge in [0, 0.05) is 18.5 Å². The Bertz CT molecular complexity index is 341. The van der Waals surface area contributed by atoms with Crippen molar-refractivity contribution in [3.05, 3.63) is 35.4 Å². The van der Waals surface area contributed by atoms with Gasteiger partial charge in [-0.2, -0.15) is 0 Å². The molecule has 1 nitrogen and oxygen atoms in total. The first-order chi connectivity index (χ1) is 8.78. The maximum absolute atomic E-state index is 5.43. The van der Waals surface area contributed by atoms with E-state index in [1.807, 2.05) is 0 Å². The zero-order valence-electron chi connectivity index (χ0n) is 11.2. The Labute approximate surface area is 119 Å². The van der Waals surface area contributed by atoms with Crippen molar-refractivity contribution in [1.29, 1.82) is 0 Å². The standard InChI is InChI=1S/C16H23BrO/c1-13-2-4-14(5-3-13)10-16(12-17)11-15-6-8-18-9-7-15/h2-5,15-16H,6-12H2,1H3. The van der Waals surface area contributed by atoms with Crippen LogP contribution in [0.3, 0.4) is 0 Å². The predicted octanol–water partition coefficient (Wildman–Crippen LogP) is 4.37. The van der Waals surface area contributed by atoms with Gasteiger partial charge in [-0.3, -0.25) is 0 Å². The highest BCUT2D eigenvalue weighted by Gasteiger charge is 2.18. The summed E-state index contributed by atoms with van der Waals surface area (Å²) in [5, 5.41) is 1.11. The van der Waals surface area contributed by atoms with Gasteiger partial charge in [-0.05, 0) is 50.0 Å². The molecule has 1 unspecified atom stereocenters. The molecule has 1 aliphatic heterocycles. The fraction of sp³-hybridized carbons (Fsp3) is 0.625. The molecule has 1 saturated heterocycles. The van der Waals surface area contributed by atoms with Crippen LogP contribution < -0.4 is 0 Å². The third kappa shape index (κ3) is 4.40. The Kier molecular flexibility index (Phi) is 5.71. The van der Waals surface area contributed by atoms with Gasteiger partial charge in [-0.1, -0.05) is 45.8 Å². The molecule has 2 rings (SSSR count). The molecule has 1 fully saturated rings. The van der Waals surface area contributed by atoms with Crippen molar-refractivity contribution in [2.75, 3.05) is 18.5 Å². The first-order valence-corrected chi connectivity index (χ1v) is 8.09. The Morgan fingerprint density at radius 2 is 1.89 bits per heavy atom. The highest BCUT2D eigenvalue weighted by atomic mass is 79.9. The Hall–Kier alpha value is -0.340. The summed E-state index contributed by atoms with van der Waals surface area (Å²) in [4.78, 5) is 0. The SMILES string of the molecule is Cc1ccc(CC(CBr)CC2CCOCC2)cc1. The lowest BCUT2D eigenvalue weighted by Crippen LogP contribution is -2.20. The van der Waals surface area contributed by atoms with E-state index in [1.54, 1.807) is 0 Å². The quantitative estimate of drug-likeness (QED) is 0.734. The van der Waals surface area contributed by atoms with Gasteiger partial charge in [0.2, 0.25) is 0 Å². The van der Waals surface area contributed by atoms with Crippen LogP contribution >= 0.6 is 15.9 Å². The molecule has 1 aromatic rings. The molecule has 0 amide bonds. The molecule has 1 aliphatic rings. The summed E-state index contributed by atoms with van der Waals surface area (Å²) in [7, 11) is 0. The lowest BCUT2D eigenvalue weighted by atomic mass is 9.86. The Morgan fingerprint density at radius 3 is 2.50 bits per heavy atom. The number of ether oxygens (including phenoxy) is 1. The number of aryl methyl sites for hydroxylation is 1. The van der Waals surface area contributed by atoms with E-state index in [4.69, 9.17) is 4.74 Å². The number of hydrogen-bond donors (Lipinski definition) is 0. The number of halogens is 1. The lowest BCUT2D eigenvalue weighted by molar-refractivity contribution is 0.0596. The van der Waals surface area contributed by atoms with Crippen LogP contribution in [0.4, 0.5) is 0 Å². The summed E-state index contributed by atoms with van der Waals surface area (Å²) >= 11 is 3.68. The van der Waals surface area contributed by atoms with Crippen LogP contribution in [-0.2, 0) is 11.2 Å². The largest absolute Gasteiger partial charge is 0.381 e. The minimum atomic E-state index is 0.760. The molecule has 0 aromatic heterocycles. The lowest BCUT2D eigenvalue weighted by Gasteiger charge is -2.25. The van der Waals surface area contributed by atoms with E-state index in [0.29, 0.717) is 0 Å². The normalized spacial score (nSPS) is 18.8. The first-order valence-electron chi connectivity index (χ1n) is 6.97. The topological polar surface area (TPSA) is 9.23 Å². The van der Waals surface area contributed by atoms with E-state index in [-0.39, 0.29) is 0 Å². The molecule has 0 spiro atoms. The van der Waals surface area contributed by atoms with E-state index >= 15 is 0 Å². The number of hydrogen-bond acceptors (Lipinski definition) is 1. The molecule has 100 valence electrons. The van der Waals surface area contributed by atoms with Gasteiger partial charge in [-0.25, -0.2) is 0 Å². The Morgan fingerprint density at radius 1 is 1.22 bits per heavy atom. The fourth-order valence-corrected chi connectivity index (χ4v) is 3.21. The van der Waals surface area contributed by atoms with Crippen molar-refractivity contribution in [1.82, 2.24) is 0 Å². The maximum Gasteiger partial charge on any atom is 0.0468 e. The molecule has 18 heavy (non-hydrogen) atoms. The summed E-state index contributed by atoms with van der Waals surface area (Å²) in [6.07, 6.45) is 5.03. The second-order valence-corrected chi connectivity index (χ2v) is 6.15. The van der Waals surface area contributed by atoms with Crippen LogP contribution in [-0.4, -0.2) is 18.5 Å². The van der Waals surface area contributed by atoms with E-state index in [0.717, 1.165) is 30.4 Å². The summed E-state index contributed by atoms with van der Waals surface area (Å²) in [6.45, 7) is 4.07. The van der Waals surface area contributed by atoms with E-state index in [9.17, 15) is 0 Å². The predicted molar refractivity (Wildman–Crippen MR) is 80.3 cm³/mol. The van der Waals surface area contributed by atoms with Crippen molar-refractivity contribution >= 4 is 15.9 Å². The van der Waals surface area contributed by atoms with Crippen molar-refractivity contribution < 1.29 is 4.74 Å². The van der Waals surface area contributed by atoms with Gasteiger partial charge in [0.25, 0.3) is 0 Å². The summed E-state index contributed by atoms with van der Waals surface area (Å²) < 4.78 is 5.43. The average Bonchev–Trinajstić information content (AvgIpc) is 2.41. The van der Waals surface area contributed by atoms with Crippen molar-refractivity contribution in [3.8, 4) is 0 Å². The summed E-state index contributed by atoms with van der Waals surface area (Å²) in [6, 6.07) is 8.98. The molecular formula is C16H23BrO. The van der Waals surface area contributed by atoms with E-state index < -0.39 is 0 Å². The van der Waals surface area contributed by atoms with Crippen molar-refractivity contribution in [2.45, 2.75) is 32.6 Å². The number of benzene rings is 1. The molecule has 0 aliphatic carbocycles. The minimum Gasteiger partial charge on any atom is -0.381 e. The zero-order chi connectivity index (χ0) is 12.8. The van der Waals surface area contributed by atoms with Gasteiger partial charge in [0.15, 0.2) is 0 Å². The highest BCUT2D eigenvalue weighted by Crippen LogP contribution is 2.26. The fourth-order valence-electron chi connectivity index (χ4n) is 2.71. The van der Waals surface area contributed by atoms with Crippen molar-refractivity contribution in [3.63, 3.8) is 0 Å². The molecule has 0 bridgehead atoms. The molecule has 1 heterocycles. The Balaban J connectivity index is 1.86. The van der Waals surface area contributed by atoms with Gasteiger partial charge in [-0.15, -0.1) is 0 Å². The molecule has 2 heteroatoms. The number of rotatable bonds is 5. The second kappa shape index (κ2) is 7.30. The number of alkyl halides is 1. The third-order valence-electron chi connectivity index (χ3n) is 3.87. The van der Waals surface area contributed by atoms with E-state index in [1.165, 1.54) is 36.8 Å². The van der Waals surface area contributed by atoms with Gasteiger partial charge in [0.1, 0.15) is 0 Å². The van der Waals surface area contributed by atoms with E-state index in [2.05, 4.69) is 47.1 Å². The minimum absolute atomic E-state index is 0.760. The molecular weight excluding hydrogens is 288 g/mol. The molecule has 0 saturated carbocycles. The summed E-state index contributed by atoms with van der Waals surface area (Å²) in [5.41, 5.74) is 2.82. The van der Waals surface area contributed by atoms with Crippen LogP contribution in [0.2, 0.25) is 0 Å². The van der Waals surface area contributed by atoms with Crippen LogP contribution in [0, 0.1) is 18.8 Å². The zero-order valence-corrected chi connectivity index (χ0v) is 12.8. The van der Waals surface area contributed by atoms with Gasteiger partial charge < -0.3 is 4.74 Å². The molecule has 1 atom stereocenters. The van der Waals surface area contributed by atoms with Crippen LogP contribution in [0.25, 0.3) is 0 Å².